The number of aromatic amines is 1. The SMILES string of the molecule is CO[C@H]([C@H](O)[C@H](C)OCP(=O)(OC)OC)n1cnc2c(=O)[nH]c(NC(=O)C(C)C)nc21. The highest BCUT2D eigenvalue weighted by Gasteiger charge is 2.32. The molecule has 0 saturated heterocycles. The fourth-order valence-corrected chi connectivity index (χ4v) is 3.35. The van der Waals surface area contributed by atoms with Crippen LogP contribution in [0.15, 0.2) is 11.1 Å². The first kappa shape index (κ1) is 25.1. The molecule has 31 heavy (non-hydrogen) atoms. The summed E-state index contributed by atoms with van der Waals surface area (Å²) in [6.07, 6.45) is -2.32. The van der Waals surface area contributed by atoms with Crippen molar-refractivity contribution >= 4 is 30.6 Å². The summed E-state index contributed by atoms with van der Waals surface area (Å²) in [6.45, 7) is 4.93. The van der Waals surface area contributed by atoms with Crippen molar-refractivity contribution in [1.82, 2.24) is 19.5 Å². The lowest BCUT2D eigenvalue weighted by atomic mass is 10.2. The van der Waals surface area contributed by atoms with Gasteiger partial charge in [-0.05, 0) is 6.92 Å². The Morgan fingerprint density at radius 2 is 1.94 bits per heavy atom. The fraction of sp³-hybridized carbons (Fsp3) is 0.647. The molecule has 0 aromatic carbocycles. The molecule has 2 rings (SSSR count). The number of amides is 1. The predicted octanol–water partition coefficient (Wildman–Crippen LogP) is 1.07. The first-order valence-corrected chi connectivity index (χ1v) is 11.1. The summed E-state index contributed by atoms with van der Waals surface area (Å²) in [6, 6.07) is 0. The molecule has 0 bridgehead atoms. The van der Waals surface area contributed by atoms with Gasteiger partial charge in [0.1, 0.15) is 12.5 Å². The van der Waals surface area contributed by atoms with Crippen molar-refractivity contribution < 1.29 is 33.0 Å². The minimum atomic E-state index is -3.44. The number of imidazole rings is 1. The predicted molar refractivity (Wildman–Crippen MR) is 111 cm³/mol. The number of carbonyl (C=O) groups excluding carboxylic acids is 1. The van der Waals surface area contributed by atoms with Crippen molar-refractivity contribution in [1.29, 1.82) is 0 Å². The van der Waals surface area contributed by atoms with Crippen LogP contribution < -0.4 is 10.9 Å². The Balaban J connectivity index is 2.32. The third kappa shape index (κ3) is 5.76. The minimum absolute atomic E-state index is 0.00589. The van der Waals surface area contributed by atoms with E-state index in [-0.39, 0.29) is 35.3 Å². The number of aromatic nitrogens is 4. The molecule has 0 spiro atoms. The highest BCUT2D eigenvalue weighted by atomic mass is 31.2. The van der Waals surface area contributed by atoms with E-state index in [2.05, 4.69) is 20.3 Å². The second-order valence-corrected chi connectivity index (χ2v) is 9.19. The number of hydrogen-bond acceptors (Lipinski definition) is 10. The molecule has 0 saturated carbocycles. The topological polar surface area (TPSA) is 167 Å². The van der Waals surface area contributed by atoms with E-state index in [1.54, 1.807) is 20.8 Å². The summed E-state index contributed by atoms with van der Waals surface area (Å²) >= 11 is 0. The highest BCUT2D eigenvalue weighted by Crippen LogP contribution is 2.46. The van der Waals surface area contributed by atoms with Crippen LogP contribution in [0.5, 0.6) is 0 Å². The van der Waals surface area contributed by atoms with Crippen LogP contribution in [0.2, 0.25) is 0 Å². The Morgan fingerprint density at radius 1 is 1.29 bits per heavy atom. The number of H-pyrrole nitrogens is 1. The van der Waals surface area contributed by atoms with E-state index in [0.717, 1.165) is 0 Å². The molecule has 2 aromatic heterocycles. The van der Waals surface area contributed by atoms with Crippen LogP contribution in [0.25, 0.3) is 11.2 Å². The van der Waals surface area contributed by atoms with E-state index >= 15 is 0 Å². The summed E-state index contributed by atoms with van der Waals surface area (Å²) in [5.74, 6) is -0.722. The third-order valence-electron chi connectivity index (χ3n) is 4.54. The van der Waals surface area contributed by atoms with Crippen LogP contribution in [-0.2, 0) is 27.9 Å². The second kappa shape index (κ2) is 10.4. The van der Waals surface area contributed by atoms with E-state index in [1.807, 2.05) is 0 Å². The van der Waals surface area contributed by atoms with Crippen molar-refractivity contribution in [2.24, 2.45) is 5.92 Å². The zero-order valence-corrected chi connectivity index (χ0v) is 19.1. The monoisotopic (exact) mass is 461 g/mol. The van der Waals surface area contributed by atoms with Crippen molar-refractivity contribution in [3.05, 3.63) is 16.7 Å². The summed E-state index contributed by atoms with van der Waals surface area (Å²) < 4.78 is 33.9. The van der Waals surface area contributed by atoms with Crippen LogP contribution in [0.3, 0.4) is 0 Å². The number of aliphatic hydroxyl groups excluding tert-OH is 1. The number of anilines is 1. The van der Waals surface area contributed by atoms with Gasteiger partial charge in [0.05, 0.1) is 12.4 Å². The van der Waals surface area contributed by atoms with Crippen molar-refractivity contribution in [3.63, 3.8) is 0 Å². The van der Waals surface area contributed by atoms with Crippen LogP contribution >= 0.6 is 7.60 Å². The number of ether oxygens (including phenoxy) is 2. The Kier molecular flexibility index (Phi) is 8.46. The molecule has 1 amide bonds. The zero-order valence-electron chi connectivity index (χ0n) is 18.2. The maximum absolute atomic E-state index is 12.3. The van der Waals surface area contributed by atoms with Gasteiger partial charge >= 0.3 is 7.60 Å². The van der Waals surface area contributed by atoms with Gasteiger partial charge in [-0.15, -0.1) is 0 Å². The molecule has 3 atom stereocenters. The Bertz CT molecular complexity index is 998. The quantitative estimate of drug-likeness (QED) is 0.412. The van der Waals surface area contributed by atoms with Gasteiger partial charge in [0, 0.05) is 27.2 Å². The fourth-order valence-electron chi connectivity index (χ4n) is 2.57. The number of carbonyl (C=O) groups is 1. The highest BCUT2D eigenvalue weighted by molar-refractivity contribution is 7.53. The first-order chi connectivity index (χ1) is 14.6. The van der Waals surface area contributed by atoms with Gasteiger partial charge in [0.15, 0.2) is 17.4 Å². The van der Waals surface area contributed by atoms with Crippen molar-refractivity contribution in [3.8, 4) is 0 Å². The van der Waals surface area contributed by atoms with Gasteiger partial charge in [-0.3, -0.25) is 29.0 Å². The van der Waals surface area contributed by atoms with E-state index in [1.165, 1.54) is 32.2 Å². The normalized spacial score (nSPS) is 15.2. The average Bonchev–Trinajstić information content (AvgIpc) is 3.16. The standard InChI is InChI=1S/C17H28N5O8P/c1-9(2)14(24)20-17-19-13-11(15(25)21-17)18-7-22(13)16(27-4)12(23)10(3)30-8-31(26,28-5)29-6/h7,9-10,12,16,23H,8H2,1-6H3,(H2,19,20,21,24,25)/t10-,12+,16+/m0/s1. The summed E-state index contributed by atoms with van der Waals surface area (Å²) in [5.41, 5.74) is -0.494. The third-order valence-corrected chi connectivity index (χ3v) is 6.12. The van der Waals surface area contributed by atoms with Crippen LogP contribution in [0.1, 0.15) is 27.0 Å². The largest absolute Gasteiger partial charge is 0.386 e. The smallest absolute Gasteiger partial charge is 0.355 e. The molecule has 2 aromatic rings. The Labute approximate surface area is 178 Å². The van der Waals surface area contributed by atoms with Gasteiger partial charge in [-0.2, -0.15) is 4.98 Å². The van der Waals surface area contributed by atoms with Gasteiger partial charge in [0.25, 0.3) is 5.56 Å². The number of nitrogens with one attached hydrogen (secondary N) is 2. The number of fused-ring (bicyclic) bond motifs is 1. The molecule has 0 aliphatic rings. The lowest BCUT2D eigenvalue weighted by molar-refractivity contribution is -0.118. The van der Waals surface area contributed by atoms with Gasteiger partial charge in [-0.25, -0.2) is 4.98 Å². The van der Waals surface area contributed by atoms with Gasteiger partial charge in [0.2, 0.25) is 11.9 Å². The maximum Gasteiger partial charge on any atom is 0.355 e. The lowest BCUT2D eigenvalue weighted by Crippen LogP contribution is -2.36. The maximum atomic E-state index is 12.3. The summed E-state index contributed by atoms with van der Waals surface area (Å²) in [7, 11) is 0.355. The van der Waals surface area contributed by atoms with Crippen LogP contribution in [0, 0.1) is 5.92 Å². The van der Waals surface area contributed by atoms with E-state index in [4.69, 9.17) is 18.5 Å². The molecule has 0 aliphatic carbocycles. The number of nitrogens with zero attached hydrogens (tertiary/aromatic N) is 3. The molecule has 0 radical (unpaired) electrons. The van der Waals surface area contributed by atoms with E-state index in [0.29, 0.717) is 0 Å². The average molecular weight is 461 g/mol. The minimum Gasteiger partial charge on any atom is -0.386 e. The number of methoxy groups -OCH3 is 1. The Morgan fingerprint density at radius 3 is 2.48 bits per heavy atom. The number of rotatable bonds is 11. The van der Waals surface area contributed by atoms with Crippen molar-refractivity contribution in [2.45, 2.75) is 39.2 Å². The Hall–Kier alpha value is -2.15. The summed E-state index contributed by atoms with van der Waals surface area (Å²) in [5, 5.41) is 13.3. The number of aliphatic hydroxyl groups is 1. The summed E-state index contributed by atoms with van der Waals surface area (Å²) in [4.78, 5) is 35.0. The molecule has 0 aliphatic heterocycles. The zero-order chi connectivity index (χ0) is 23.3. The van der Waals surface area contributed by atoms with Crippen LogP contribution in [-0.4, -0.2) is 70.4 Å². The lowest BCUT2D eigenvalue weighted by Gasteiger charge is -2.28. The molecule has 0 unspecified atom stereocenters. The second-order valence-electron chi connectivity index (χ2n) is 6.98. The van der Waals surface area contributed by atoms with E-state index in [9.17, 15) is 19.3 Å². The molecular weight excluding hydrogens is 433 g/mol. The first-order valence-electron chi connectivity index (χ1n) is 9.37. The molecular formula is C17H28N5O8P. The van der Waals surface area contributed by atoms with Gasteiger partial charge < -0.3 is 23.6 Å². The van der Waals surface area contributed by atoms with Crippen LogP contribution in [0.4, 0.5) is 5.95 Å². The molecule has 0 fully saturated rings. The number of hydrogen-bond donors (Lipinski definition) is 3. The van der Waals surface area contributed by atoms with Gasteiger partial charge in [-0.1, -0.05) is 13.8 Å². The van der Waals surface area contributed by atoms with Crippen molar-refractivity contribution in [2.75, 3.05) is 33.0 Å². The molecule has 2 heterocycles. The van der Waals surface area contributed by atoms with E-state index < -0.39 is 31.6 Å². The molecule has 3 N–H and O–H groups in total. The molecule has 14 heteroatoms. The molecule has 13 nitrogen and oxygen atoms in total. The molecule has 174 valence electrons.